The molecule has 0 aromatic heterocycles. The van der Waals surface area contributed by atoms with Crippen LogP contribution in [-0.4, -0.2) is 8.42 Å². The van der Waals surface area contributed by atoms with Gasteiger partial charge in [0.25, 0.3) is 10.0 Å². The summed E-state index contributed by atoms with van der Waals surface area (Å²) >= 11 is 5.91. The molecule has 0 aliphatic rings. The fraction of sp³-hybridized carbons (Fsp3) is 0.0769. The molecule has 0 saturated heterocycles. The third-order valence-corrected chi connectivity index (χ3v) is 4.38. The maximum Gasteiger partial charge on any atom is 0.263 e. The van der Waals surface area contributed by atoms with Gasteiger partial charge in [0.15, 0.2) is 0 Å². The van der Waals surface area contributed by atoms with Gasteiger partial charge < -0.3 is 5.73 Å². The zero-order chi connectivity index (χ0) is 14.0. The van der Waals surface area contributed by atoms with Gasteiger partial charge in [-0.15, -0.1) is 0 Å². The minimum absolute atomic E-state index is 0.00451. The Bertz CT molecular complexity index is 714. The lowest BCUT2D eigenvalue weighted by atomic mass is 10.2. The van der Waals surface area contributed by atoms with Crippen LogP contribution in [0.5, 0.6) is 0 Å². The average Bonchev–Trinajstić information content (AvgIpc) is 2.27. The number of anilines is 2. The minimum Gasteiger partial charge on any atom is -0.399 e. The van der Waals surface area contributed by atoms with E-state index in [0.717, 1.165) is 5.56 Å². The van der Waals surface area contributed by atoms with E-state index in [1.54, 1.807) is 18.2 Å². The van der Waals surface area contributed by atoms with E-state index < -0.39 is 10.0 Å². The van der Waals surface area contributed by atoms with Crippen LogP contribution >= 0.6 is 11.6 Å². The van der Waals surface area contributed by atoms with Crippen molar-refractivity contribution in [2.24, 2.45) is 0 Å². The minimum atomic E-state index is -3.72. The zero-order valence-corrected chi connectivity index (χ0v) is 11.8. The van der Waals surface area contributed by atoms with E-state index in [0.29, 0.717) is 11.4 Å². The van der Waals surface area contributed by atoms with Crippen molar-refractivity contribution in [3.8, 4) is 0 Å². The Morgan fingerprint density at radius 2 is 1.89 bits per heavy atom. The van der Waals surface area contributed by atoms with Crippen molar-refractivity contribution >= 4 is 33.0 Å². The molecule has 2 rings (SSSR count). The van der Waals surface area contributed by atoms with Gasteiger partial charge >= 0.3 is 0 Å². The predicted molar refractivity (Wildman–Crippen MR) is 77.9 cm³/mol. The van der Waals surface area contributed by atoms with Gasteiger partial charge in [0, 0.05) is 11.4 Å². The first-order chi connectivity index (χ1) is 8.88. The maximum absolute atomic E-state index is 12.2. The largest absolute Gasteiger partial charge is 0.399 e. The SMILES string of the molecule is Cc1cccc(NS(=O)(=O)c2ccc(N)cc2Cl)c1. The van der Waals surface area contributed by atoms with Gasteiger partial charge in [-0.25, -0.2) is 8.42 Å². The Hall–Kier alpha value is -1.72. The lowest BCUT2D eigenvalue weighted by molar-refractivity contribution is 0.601. The molecule has 0 unspecified atom stereocenters. The van der Waals surface area contributed by atoms with Gasteiger partial charge in [0.1, 0.15) is 4.90 Å². The summed E-state index contributed by atoms with van der Waals surface area (Å²) in [6.07, 6.45) is 0. The number of benzene rings is 2. The number of hydrogen-bond donors (Lipinski definition) is 2. The highest BCUT2D eigenvalue weighted by Crippen LogP contribution is 2.25. The van der Waals surface area contributed by atoms with Crippen LogP contribution in [0.4, 0.5) is 11.4 Å². The summed E-state index contributed by atoms with van der Waals surface area (Å²) < 4.78 is 26.9. The molecule has 0 aliphatic heterocycles. The molecule has 0 fully saturated rings. The maximum atomic E-state index is 12.2. The van der Waals surface area contributed by atoms with Gasteiger partial charge in [-0.1, -0.05) is 23.7 Å². The molecular weight excluding hydrogens is 284 g/mol. The molecule has 0 spiro atoms. The summed E-state index contributed by atoms with van der Waals surface area (Å²) in [5.74, 6) is 0. The summed E-state index contributed by atoms with van der Waals surface area (Å²) in [5.41, 5.74) is 7.41. The van der Waals surface area contributed by atoms with Crippen LogP contribution in [0.15, 0.2) is 47.4 Å². The summed E-state index contributed by atoms with van der Waals surface area (Å²) in [7, 11) is -3.72. The summed E-state index contributed by atoms with van der Waals surface area (Å²) in [5, 5.41) is 0.0974. The highest BCUT2D eigenvalue weighted by Gasteiger charge is 2.18. The fourth-order valence-electron chi connectivity index (χ4n) is 1.65. The lowest BCUT2D eigenvalue weighted by Crippen LogP contribution is -2.13. The topological polar surface area (TPSA) is 72.2 Å². The second kappa shape index (κ2) is 5.11. The molecule has 0 bridgehead atoms. The number of hydrogen-bond acceptors (Lipinski definition) is 3. The Kier molecular flexibility index (Phi) is 3.68. The van der Waals surface area contributed by atoms with Crippen molar-refractivity contribution in [2.75, 3.05) is 10.5 Å². The van der Waals surface area contributed by atoms with E-state index in [1.165, 1.54) is 18.2 Å². The first kappa shape index (κ1) is 13.7. The van der Waals surface area contributed by atoms with Crippen LogP contribution in [-0.2, 0) is 10.0 Å². The van der Waals surface area contributed by atoms with Crippen molar-refractivity contribution in [1.29, 1.82) is 0 Å². The van der Waals surface area contributed by atoms with Gasteiger partial charge in [-0.05, 0) is 42.8 Å². The monoisotopic (exact) mass is 296 g/mol. The lowest BCUT2D eigenvalue weighted by Gasteiger charge is -2.10. The van der Waals surface area contributed by atoms with Crippen LogP contribution in [0.2, 0.25) is 5.02 Å². The van der Waals surface area contributed by atoms with Crippen LogP contribution in [0, 0.1) is 6.92 Å². The van der Waals surface area contributed by atoms with Gasteiger partial charge in [0.2, 0.25) is 0 Å². The Balaban J connectivity index is 2.38. The van der Waals surface area contributed by atoms with Crippen LogP contribution in [0.25, 0.3) is 0 Å². The Morgan fingerprint density at radius 1 is 1.16 bits per heavy atom. The molecule has 0 amide bonds. The third kappa shape index (κ3) is 3.19. The second-order valence-corrected chi connectivity index (χ2v) is 6.22. The molecule has 0 aliphatic carbocycles. The van der Waals surface area contributed by atoms with Gasteiger partial charge in [-0.2, -0.15) is 0 Å². The number of sulfonamides is 1. The number of nitrogens with one attached hydrogen (secondary N) is 1. The summed E-state index contributed by atoms with van der Waals surface area (Å²) in [6.45, 7) is 1.88. The molecule has 2 aromatic carbocycles. The number of halogens is 1. The molecule has 19 heavy (non-hydrogen) atoms. The van der Waals surface area contributed by atoms with Crippen molar-refractivity contribution in [3.63, 3.8) is 0 Å². The third-order valence-electron chi connectivity index (χ3n) is 2.52. The molecular formula is C13H13ClN2O2S. The van der Waals surface area contributed by atoms with E-state index in [4.69, 9.17) is 17.3 Å². The van der Waals surface area contributed by atoms with Crippen molar-refractivity contribution in [2.45, 2.75) is 11.8 Å². The van der Waals surface area contributed by atoms with Crippen molar-refractivity contribution < 1.29 is 8.42 Å². The molecule has 0 heterocycles. The molecule has 0 atom stereocenters. The molecule has 6 heteroatoms. The zero-order valence-electron chi connectivity index (χ0n) is 10.2. The fourth-order valence-corrected chi connectivity index (χ4v) is 3.26. The van der Waals surface area contributed by atoms with Crippen LogP contribution in [0.3, 0.4) is 0 Å². The number of aryl methyl sites for hydroxylation is 1. The highest BCUT2D eigenvalue weighted by molar-refractivity contribution is 7.92. The van der Waals surface area contributed by atoms with Gasteiger partial charge in [0.05, 0.1) is 5.02 Å². The van der Waals surface area contributed by atoms with Crippen LogP contribution in [0.1, 0.15) is 5.56 Å². The predicted octanol–water partition coefficient (Wildman–Crippen LogP) is 3.03. The molecule has 100 valence electrons. The first-order valence-electron chi connectivity index (χ1n) is 5.53. The van der Waals surface area contributed by atoms with E-state index in [-0.39, 0.29) is 9.92 Å². The highest BCUT2D eigenvalue weighted by atomic mass is 35.5. The molecule has 4 nitrogen and oxygen atoms in total. The van der Waals surface area contributed by atoms with Gasteiger partial charge in [-0.3, -0.25) is 4.72 Å². The Morgan fingerprint density at radius 3 is 2.53 bits per heavy atom. The summed E-state index contributed by atoms with van der Waals surface area (Å²) in [6, 6.07) is 11.4. The van der Waals surface area contributed by atoms with Crippen molar-refractivity contribution in [1.82, 2.24) is 0 Å². The molecule has 2 aromatic rings. The van der Waals surface area contributed by atoms with Crippen molar-refractivity contribution in [3.05, 3.63) is 53.1 Å². The standard InChI is InChI=1S/C13H13ClN2O2S/c1-9-3-2-4-11(7-9)16-19(17,18)13-6-5-10(15)8-12(13)14/h2-8,16H,15H2,1H3. The quantitative estimate of drug-likeness (QED) is 0.855. The number of rotatable bonds is 3. The molecule has 0 radical (unpaired) electrons. The number of nitrogen functional groups attached to an aromatic ring is 1. The average molecular weight is 297 g/mol. The smallest absolute Gasteiger partial charge is 0.263 e. The normalized spacial score (nSPS) is 11.3. The first-order valence-corrected chi connectivity index (χ1v) is 7.39. The van der Waals surface area contributed by atoms with E-state index in [2.05, 4.69) is 4.72 Å². The molecule has 3 N–H and O–H groups in total. The van der Waals surface area contributed by atoms with E-state index in [1.807, 2.05) is 13.0 Å². The Labute approximate surface area is 117 Å². The van der Waals surface area contributed by atoms with Crippen LogP contribution < -0.4 is 10.5 Å². The molecule has 0 saturated carbocycles. The number of nitrogens with two attached hydrogens (primary N) is 1. The second-order valence-electron chi connectivity index (χ2n) is 4.16. The summed E-state index contributed by atoms with van der Waals surface area (Å²) in [4.78, 5) is 0.00451. The van der Waals surface area contributed by atoms with E-state index >= 15 is 0 Å². The van der Waals surface area contributed by atoms with E-state index in [9.17, 15) is 8.42 Å².